The van der Waals surface area contributed by atoms with Gasteiger partial charge in [0.25, 0.3) is 0 Å². The molecule has 0 saturated heterocycles. The summed E-state index contributed by atoms with van der Waals surface area (Å²) in [5.74, 6) is 0.169. The molecule has 0 aliphatic carbocycles. The van der Waals surface area contributed by atoms with Crippen LogP contribution in [0.1, 0.15) is 24.8 Å². The van der Waals surface area contributed by atoms with Crippen LogP contribution in [-0.4, -0.2) is 39.0 Å². The van der Waals surface area contributed by atoms with Crippen LogP contribution in [0, 0.1) is 0 Å². The van der Waals surface area contributed by atoms with E-state index in [0.29, 0.717) is 24.5 Å². The van der Waals surface area contributed by atoms with Crippen molar-refractivity contribution in [1.29, 1.82) is 0 Å². The second-order valence-electron chi connectivity index (χ2n) is 6.89. The molecule has 0 fully saturated rings. The average molecular weight is 399 g/mol. The summed E-state index contributed by atoms with van der Waals surface area (Å²) in [6.07, 6.45) is 4.01. The van der Waals surface area contributed by atoms with Crippen molar-refractivity contribution in [2.45, 2.75) is 19.3 Å². The maximum atomic E-state index is 12.4. The van der Waals surface area contributed by atoms with Crippen molar-refractivity contribution in [3.8, 4) is 11.4 Å². The number of hydrogen-bond donors (Lipinski definition) is 1. The highest BCUT2D eigenvalue weighted by Gasteiger charge is 2.21. The van der Waals surface area contributed by atoms with Crippen molar-refractivity contribution >= 4 is 23.2 Å². The van der Waals surface area contributed by atoms with Crippen molar-refractivity contribution in [1.82, 2.24) is 15.0 Å². The number of carbonyl (C=O) groups excluding carboxylic acids is 2. The predicted octanol–water partition coefficient (Wildman–Crippen LogP) is 3.50. The van der Waals surface area contributed by atoms with Crippen LogP contribution in [0.4, 0.5) is 5.69 Å². The summed E-state index contributed by atoms with van der Waals surface area (Å²) in [6.45, 7) is 0.541. The molecule has 0 bridgehead atoms. The largest absolute Gasteiger partial charge is 0.323 e. The van der Waals surface area contributed by atoms with Gasteiger partial charge in [-0.15, -0.1) is 0 Å². The zero-order valence-corrected chi connectivity index (χ0v) is 16.4. The van der Waals surface area contributed by atoms with Crippen LogP contribution in [0.2, 0.25) is 0 Å². The van der Waals surface area contributed by atoms with Gasteiger partial charge in [-0.25, -0.2) is 15.0 Å². The fourth-order valence-corrected chi connectivity index (χ4v) is 3.17. The fourth-order valence-electron chi connectivity index (χ4n) is 3.17. The molecule has 4 rings (SSSR count). The molecule has 0 saturated carbocycles. The number of anilines is 1. The number of rotatable bonds is 6. The van der Waals surface area contributed by atoms with Crippen LogP contribution in [-0.2, 0) is 9.59 Å². The quantitative estimate of drug-likeness (QED) is 0.687. The van der Waals surface area contributed by atoms with E-state index >= 15 is 0 Å². The standard InChI is InChI=1S/C23H21N5O2/c29-21(26-19-15-24-23(25-16-19)18-9-5-2-6-10-18)11-12-22(30)28-14-13-20(27-28)17-7-3-1-4-8-17/h1-10,15-16H,11-14H2,(H,26,29). The lowest BCUT2D eigenvalue weighted by Crippen LogP contribution is -2.25. The Labute approximate surface area is 174 Å². The van der Waals surface area contributed by atoms with Gasteiger partial charge in [0.2, 0.25) is 11.8 Å². The second kappa shape index (κ2) is 9.09. The van der Waals surface area contributed by atoms with Crippen molar-refractivity contribution in [3.05, 3.63) is 78.6 Å². The Morgan fingerprint density at radius 1 is 0.867 bits per heavy atom. The molecule has 0 spiro atoms. The van der Waals surface area contributed by atoms with Crippen LogP contribution < -0.4 is 5.32 Å². The van der Waals surface area contributed by atoms with Gasteiger partial charge in [0.1, 0.15) is 0 Å². The van der Waals surface area contributed by atoms with Gasteiger partial charge in [-0.1, -0.05) is 60.7 Å². The summed E-state index contributed by atoms with van der Waals surface area (Å²) >= 11 is 0. The van der Waals surface area contributed by atoms with Gasteiger partial charge in [0.05, 0.1) is 30.3 Å². The molecule has 1 aromatic heterocycles. The number of amides is 2. The molecule has 1 N–H and O–H groups in total. The molecule has 3 aromatic rings. The van der Waals surface area contributed by atoms with Gasteiger partial charge in [-0.05, 0) is 5.56 Å². The summed E-state index contributed by atoms with van der Waals surface area (Å²) in [5.41, 5.74) is 3.31. The first-order valence-electron chi connectivity index (χ1n) is 9.79. The third-order valence-corrected chi connectivity index (χ3v) is 4.73. The zero-order chi connectivity index (χ0) is 20.8. The van der Waals surface area contributed by atoms with E-state index in [9.17, 15) is 9.59 Å². The molecule has 1 aliphatic rings. The number of benzene rings is 2. The van der Waals surface area contributed by atoms with Crippen LogP contribution in [0.15, 0.2) is 78.2 Å². The lowest BCUT2D eigenvalue weighted by Gasteiger charge is -2.11. The lowest BCUT2D eigenvalue weighted by molar-refractivity contribution is -0.132. The van der Waals surface area contributed by atoms with Crippen LogP contribution in [0.3, 0.4) is 0 Å². The Kier molecular flexibility index (Phi) is 5.89. The third kappa shape index (κ3) is 4.75. The maximum absolute atomic E-state index is 12.4. The number of hydrogen-bond acceptors (Lipinski definition) is 5. The first kappa shape index (κ1) is 19.4. The number of nitrogens with one attached hydrogen (secondary N) is 1. The van der Waals surface area contributed by atoms with E-state index in [2.05, 4.69) is 20.4 Å². The Hall–Kier alpha value is -3.87. The highest BCUT2D eigenvalue weighted by molar-refractivity contribution is 6.02. The Morgan fingerprint density at radius 3 is 2.17 bits per heavy atom. The first-order valence-corrected chi connectivity index (χ1v) is 9.79. The van der Waals surface area contributed by atoms with E-state index in [1.54, 1.807) is 12.4 Å². The average Bonchev–Trinajstić information content (AvgIpc) is 3.30. The van der Waals surface area contributed by atoms with E-state index in [-0.39, 0.29) is 24.7 Å². The molecule has 2 amide bonds. The first-order chi connectivity index (χ1) is 14.7. The normalized spacial score (nSPS) is 13.1. The smallest absolute Gasteiger partial charge is 0.243 e. The molecule has 30 heavy (non-hydrogen) atoms. The van der Waals surface area contributed by atoms with E-state index in [0.717, 1.165) is 16.8 Å². The molecule has 1 aliphatic heterocycles. The van der Waals surface area contributed by atoms with Crippen LogP contribution in [0.25, 0.3) is 11.4 Å². The molecule has 7 nitrogen and oxygen atoms in total. The third-order valence-electron chi connectivity index (χ3n) is 4.73. The molecule has 7 heteroatoms. The monoisotopic (exact) mass is 399 g/mol. The molecule has 0 unspecified atom stereocenters. The molecular formula is C23H21N5O2. The number of carbonyl (C=O) groups is 2. The maximum Gasteiger partial charge on any atom is 0.243 e. The van der Waals surface area contributed by atoms with Gasteiger partial charge < -0.3 is 5.32 Å². The Morgan fingerprint density at radius 2 is 1.50 bits per heavy atom. The van der Waals surface area contributed by atoms with E-state index in [1.807, 2.05) is 60.7 Å². The van der Waals surface area contributed by atoms with Gasteiger partial charge in [-0.3, -0.25) is 9.59 Å². The fraction of sp³-hybridized carbons (Fsp3) is 0.174. The summed E-state index contributed by atoms with van der Waals surface area (Å²) < 4.78 is 0. The summed E-state index contributed by atoms with van der Waals surface area (Å²) in [4.78, 5) is 33.2. The molecule has 0 atom stereocenters. The van der Waals surface area contributed by atoms with E-state index < -0.39 is 0 Å². The summed E-state index contributed by atoms with van der Waals surface area (Å²) in [7, 11) is 0. The van der Waals surface area contributed by atoms with Gasteiger partial charge >= 0.3 is 0 Å². The van der Waals surface area contributed by atoms with Gasteiger partial charge in [-0.2, -0.15) is 5.10 Å². The number of aromatic nitrogens is 2. The van der Waals surface area contributed by atoms with Gasteiger partial charge in [0, 0.05) is 24.8 Å². The minimum absolute atomic E-state index is 0.0754. The predicted molar refractivity (Wildman–Crippen MR) is 115 cm³/mol. The zero-order valence-electron chi connectivity index (χ0n) is 16.4. The van der Waals surface area contributed by atoms with E-state index in [1.165, 1.54) is 5.01 Å². The lowest BCUT2D eigenvalue weighted by atomic mass is 10.1. The topological polar surface area (TPSA) is 87.5 Å². The highest BCUT2D eigenvalue weighted by atomic mass is 16.2. The van der Waals surface area contributed by atoms with E-state index in [4.69, 9.17) is 0 Å². The number of hydrazone groups is 1. The second-order valence-corrected chi connectivity index (χ2v) is 6.89. The summed E-state index contributed by atoms with van der Waals surface area (Å²) in [6, 6.07) is 19.4. The molecule has 2 aromatic carbocycles. The molecule has 2 heterocycles. The minimum Gasteiger partial charge on any atom is -0.323 e. The van der Waals surface area contributed by atoms with Crippen molar-refractivity contribution in [2.24, 2.45) is 5.10 Å². The van der Waals surface area contributed by atoms with Gasteiger partial charge in [0.15, 0.2) is 5.82 Å². The highest BCUT2D eigenvalue weighted by Crippen LogP contribution is 2.16. The van der Waals surface area contributed by atoms with Crippen LogP contribution >= 0.6 is 0 Å². The molecular weight excluding hydrogens is 378 g/mol. The Bertz CT molecular complexity index is 1050. The SMILES string of the molecule is O=C(CCC(=O)N1CCC(c2ccccc2)=N1)Nc1cnc(-c2ccccc2)nc1. The Balaban J connectivity index is 1.28. The van der Waals surface area contributed by atoms with Crippen molar-refractivity contribution in [3.63, 3.8) is 0 Å². The number of nitrogens with zero attached hydrogens (tertiary/aromatic N) is 4. The van der Waals surface area contributed by atoms with Crippen LogP contribution in [0.5, 0.6) is 0 Å². The minimum atomic E-state index is -0.258. The molecule has 0 radical (unpaired) electrons. The summed E-state index contributed by atoms with van der Waals surface area (Å²) in [5, 5.41) is 8.59. The molecule has 150 valence electrons. The van der Waals surface area contributed by atoms with Crippen molar-refractivity contribution in [2.75, 3.05) is 11.9 Å². The van der Waals surface area contributed by atoms with Crippen molar-refractivity contribution < 1.29 is 9.59 Å².